The van der Waals surface area contributed by atoms with Crippen LogP contribution in [0.15, 0.2) is 24.3 Å². The lowest BCUT2D eigenvalue weighted by atomic mass is 9.69. The number of rotatable bonds is 3. The van der Waals surface area contributed by atoms with Gasteiger partial charge in [-0.3, -0.25) is 0 Å². The molecule has 3 unspecified atom stereocenters. The van der Waals surface area contributed by atoms with Crippen molar-refractivity contribution in [2.75, 3.05) is 0 Å². The molecule has 0 aromatic heterocycles. The Morgan fingerprint density at radius 1 is 0.947 bits per heavy atom. The number of benzene rings is 1. The van der Waals surface area contributed by atoms with Crippen LogP contribution in [0.1, 0.15) is 50.5 Å². The van der Waals surface area contributed by atoms with E-state index in [9.17, 15) is 4.39 Å². The van der Waals surface area contributed by atoms with E-state index in [4.69, 9.17) is 0 Å². The zero-order valence-electron chi connectivity index (χ0n) is 11.6. The van der Waals surface area contributed by atoms with Gasteiger partial charge in [0.25, 0.3) is 0 Å². The molecule has 0 amide bonds. The first-order valence-corrected chi connectivity index (χ1v) is 7.79. The van der Waals surface area contributed by atoms with E-state index in [1.54, 1.807) is 12.1 Å². The fourth-order valence-corrected chi connectivity index (χ4v) is 3.92. The minimum Gasteiger partial charge on any atom is -0.310 e. The zero-order chi connectivity index (χ0) is 13.1. The van der Waals surface area contributed by atoms with Gasteiger partial charge in [0.2, 0.25) is 0 Å². The summed E-state index contributed by atoms with van der Waals surface area (Å²) in [6.07, 6.45) is 9.88. The molecule has 2 aliphatic carbocycles. The second-order valence-electron chi connectivity index (χ2n) is 6.32. The predicted molar refractivity (Wildman–Crippen MR) is 76.3 cm³/mol. The van der Waals surface area contributed by atoms with Gasteiger partial charge in [0.05, 0.1) is 0 Å². The summed E-state index contributed by atoms with van der Waals surface area (Å²) in [6.45, 7) is 0.877. The molecule has 0 saturated heterocycles. The van der Waals surface area contributed by atoms with Gasteiger partial charge in [-0.15, -0.1) is 0 Å². The third kappa shape index (κ3) is 3.36. The SMILES string of the molecule is Fc1ccc(CNC2CCC3CCCCC3C2)cc1. The quantitative estimate of drug-likeness (QED) is 0.856. The predicted octanol–water partition coefficient (Wildman–Crippen LogP) is 4.27. The van der Waals surface area contributed by atoms with E-state index >= 15 is 0 Å². The smallest absolute Gasteiger partial charge is 0.123 e. The second-order valence-corrected chi connectivity index (χ2v) is 6.32. The molecular weight excluding hydrogens is 237 g/mol. The topological polar surface area (TPSA) is 12.0 Å². The Morgan fingerprint density at radius 2 is 1.68 bits per heavy atom. The van der Waals surface area contributed by atoms with E-state index < -0.39 is 0 Å². The molecule has 0 aliphatic heterocycles. The Morgan fingerprint density at radius 3 is 2.47 bits per heavy atom. The van der Waals surface area contributed by atoms with Crippen molar-refractivity contribution in [2.24, 2.45) is 11.8 Å². The molecule has 3 atom stereocenters. The maximum atomic E-state index is 12.8. The summed E-state index contributed by atoms with van der Waals surface area (Å²) in [4.78, 5) is 0. The first-order chi connectivity index (χ1) is 9.31. The van der Waals surface area contributed by atoms with Crippen LogP contribution in [0, 0.1) is 17.7 Å². The molecule has 2 aliphatic rings. The molecule has 0 heterocycles. The van der Waals surface area contributed by atoms with Gasteiger partial charge < -0.3 is 5.32 Å². The Balaban J connectivity index is 1.49. The summed E-state index contributed by atoms with van der Waals surface area (Å²) in [5.41, 5.74) is 1.19. The van der Waals surface area contributed by atoms with Crippen molar-refractivity contribution in [3.05, 3.63) is 35.6 Å². The van der Waals surface area contributed by atoms with Crippen molar-refractivity contribution < 1.29 is 4.39 Å². The van der Waals surface area contributed by atoms with Crippen molar-refractivity contribution in [3.63, 3.8) is 0 Å². The lowest BCUT2D eigenvalue weighted by molar-refractivity contribution is 0.143. The van der Waals surface area contributed by atoms with Gasteiger partial charge in [0.15, 0.2) is 0 Å². The fourth-order valence-electron chi connectivity index (χ4n) is 3.92. The van der Waals surface area contributed by atoms with Crippen molar-refractivity contribution in [2.45, 2.75) is 57.5 Å². The summed E-state index contributed by atoms with van der Waals surface area (Å²) in [6, 6.07) is 7.54. The highest BCUT2D eigenvalue weighted by Crippen LogP contribution is 2.40. The lowest BCUT2D eigenvalue weighted by Gasteiger charge is -2.39. The monoisotopic (exact) mass is 261 g/mol. The summed E-state index contributed by atoms with van der Waals surface area (Å²) in [5, 5.41) is 3.67. The maximum absolute atomic E-state index is 12.8. The van der Waals surface area contributed by atoms with E-state index in [-0.39, 0.29) is 5.82 Å². The van der Waals surface area contributed by atoms with Crippen LogP contribution in [0.3, 0.4) is 0 Å². The van der Waals surface area contributed by atoms with Gasteiger partial charge >= 0.3 is 0 Å². The van der Waals surface area contributed by atoms with Crippen LogP contribution in [-0.4, -0.2) is 6.04 Å². The van der Waals surface area contributed by atoms with E-state index in [0.29, 0.717) is 6.04 Å². The maximum Gasteiger partial charge on any atom is 0.123 e. The number of nitrogens with one attached hydrogen (secondary N) is 1. The Bertz CT molecular complexity index is 400. The van der Waals surface area contributed by atoms with Gasteiger partial charge in [-0.1, -0.05) is 37.8 Å². The van der Waals surface area contributed by atoms with Crippen molar-refractivity contribution in [1.82, 2.24) is 5.32 Å². The van der Waals surface area contributed by atoms with E-state index in [2.05, 4.69) is 5.32 Å². The Labute approximate surface area is 115 Å². The van der Waals surface area contributed by atoms with Gasteiger partial charge in [-0.25, -0.2) is 4.39 Å². The standard InChI is InChI=1S/C17H24FN/c18-16-8-5-13(6-9-16)12-19-17-10-7-14-3-1-2-4-15(14)11-17/h5-6,8-9,14-15,17,19H,1-4,7,10-12H2. The van der Waals surface area contributed by atoms with Gasteiger partial charge in [-0.2, -0.15) is 0 Å². The largest absolute Gasteiger partial charge is 0.310 e. The van der Waals surface area contributed by atoms with Crippen LogP contribution < -0.4 is 5.32 Å². The number of halogens is 1. The number of hydrogen-bond donors (Lipinski definition) is 1. The average molecular weight is 261 g/mol. The molecule has 0 bridgehead atoms. The van der Waals surface area contributed by atoms with Gasteiger partial charge in [0, 0.05) is 12.6 Å². The highest BCUT2D eigenvalue weighted by Gasteiger charge is 2.31. The molecule has 3 rings (SSSR count). The first kappa shape index (κ1) is 13.1. The zero-order valence-corrected chi connectivity index (χ0v) is 11.6. The molecule has 1 nitrogen and oxygen atoms in total. The van der Waals surface area contributed by atoms with Crippen molar-refractivity contribution in [1.29, 1.82) is 0 Å². The first-order valence-electron chi connectivity index (χ1n) is 7.79. The molecule has 19 heavy (non-hydrogen) atoms. The van der Waals surface area contributed by atoms with E-state index in [0.717, 1.165) is 18.4 Å². The molecule has 1 aromatic rings. The molecule has 0 spiro atoms. The van der Waals surface area contributed by atoms with Crippen molar-refractivity contribution >= 4 is 0 Å². The lowest BCUT2D eigenvalue weighted by Crippen LogP contribution is -2.38. The average Bonchev–Trinajstić information content (AvgIpc) is 2.46. The van der Waals surface area contributed by atoms with Crippen molar-refractivity contribution in [3.8, 4) is 0 Å². The Hall–Kier alpha value is -0.890. The highest BCUT2D eigenvalue weighted by molar-refractivity contribution is 5.15. The molecular formula is C17H24FN. The molecule has 2 heteroatoms. The molecule has 2 fully saturated rings. The fraction of sp³-hybridized carbons (Fsp3) is 0.647. The van der Waals surface area contributed by atoms with Gasteiger partial charge in [-0.05, 0) is 48.8 Å². The van der Waals surface area contributed by atoms with Crippen LogP contribution in [0.25, 0.3) is 0 Å². The normalized spacial score (nSPS) is 30.9. The van der Waals surface area contributed by atoms with Crippen LogP contribution >= 0.6 is 0 Å². The molecule has 1 N–H and O–H groups in total. The Kier molecular flexibility index (Phi) is 4.17. The third-order valence-electron chi connectivity index (χ3n) is 5.05. The number of hydrogen-bond acceptors (Lipinski definition) is 1. The minimum absolute atomic E-state index is 0.147. The van der Waals surface area contributed by atoms with E-state index in [1.165, 1.54) is 50.5 Å². The molecule has 0 radical (unpaired) electrons. The van der Waals surface area contributed by atoms with Gasteiger partial charge in [0.1, 0.15) is 5.82 Å². The number of fused-ring (bicyclic) bond motifs is 1. The summed E-state index contributed by atoms with van der Waals surface area (Å²) in [5.74, 6) is 1.83. The molecule has 2 saturated carbocycles. The van der Waals surface area contributed by atoms with Crippen LogP contribution in [0.5, 0.6) is 0 Å². The highest BCUT2D eigenvalue weighted by atomic mass is 19.1. The molecule has 104 valence electrons. The summed E-state index contributed by atoms with van der Waals surface area (Å²) in [7, 11) is 0. The minimum atomic E-state index is -0.147. The van der Waals surface area contributed by atoms with Crippen LogP contribution in [0.4, 0.5) is 4.39 Å². The summed E-state index contributed by atoms with van der Waals surface area (Å²) < 4.78 is 12.8. The second kappa shape index (κ2) is 6.04. The molecule has 1 aromatic carbocycles. The van der Waals surface area contributed by atoms with Crippen LogP contribution in [0.2, 0.25) is 0 Å². The van der Waals surface area contributed by atoms with E-state index in [1.807, 2.05) is 12.1 Å². The third-order valence-corrected chi connectivity index (χ3v) is 5.05. The van der Waals surface area contributed by atoms with Crippen LogP contribution in [-0.2, 0) is 6.54 Å². The summed E-state index contributed by atoms with van der Waals surface area (Å²) >= 11 is 0.